The fourth-order valence-corrected chi connectivity index (χ4v) is 3.33. The minimum absolute atomic E-state index is 0.0238. The molecular weight excluding hydrogens is 370 g/mol. The molecule has 1 saturated carbocycles. The normalized spacial score (nSPS) is 14.8. The van der Waals surface area contributed by atoms with E-state index in [1.807, 2.05) is 6.26 Å². The summed E-state index contributed by atoms with van der Waals surface area (Å²) in [7, 11) is 0. The van der Waals surface area contributed by atoms with E-state index < -0.39 is 11.6 Å². The number of anilines is 1. The van der Waals surface area contributed by atoms with Crippen molar-refractivity contribution in [2.45, 2.75) is 43.8 Å². The molecular formula is C19H22F2N4OS. The number of nitrogens with one attached hydrogen (secondary N) is 1. The van der Waals surface area contributed by atoms with Crippen molar-refractivity contribution in [3.8, 4) is 5.75 Å². The van der Waals surface area contributed by atoms with Gasteiger partial charge in [0.2, 0.25) is 0 Å². The zero-order chi connectivity index (χ0) is 19.2. The highest BCUT2D eigenvalue weighted by Gasteiger charge is 2.18. The average Bonchev–Trinajstić information content (AvgIpc) is 3.18. The van der Waals surface area contributed by atoms with Gasteiger partial charge in [0, 0.05) is 18.5 Å². The molecule has 1 aromatic carbocycles. The Bertz CT molecular complexity index is 826. The molecule has 0 spiro atoms. The zero-order valence-corrected chi connectivity index (χ0v) is 16.2. The molecule has 0 atom stereocenters. The van der Waals surface area contributed by atoms with E-state index in [2.05, 4.69) is 20.3 Å². The zero-order valence-electron chi connectivity index (χ0n) is 15.3. The maximum atomic E-state index is 14.4. The van der Waals surface area contributed by atoms with E-state index in [1.165, 1.54) is 36.9 Å². The summed E-state index contributed by atoms with van der Waals surface area (Å²) >= 11 is 1.43. The summed E-state index contributed by atoms with van der Waals surface area (Å²) in [6.07, 6.45) is 9.42. The lowest BCUT2D eigenvalue weighted by atomic mass is 10.2. The van der Waals surface area contributed by atoms with E-state index in [-0.39, 0.29) is 18.0 Å². The first-order chi connectivity index (χ1) is 13.1. The largest absolute Gasteiger partial charge is 0.491 e. The van der Waals surface area contributed by atoms with Gasteiger partial charge in [0.15, 0.2) is 22.5 Å². The summed E-state index contributed by atoms with van der Waals surface area (Å²) < 4.78 is 33.7. The molecule has 1 aromatic heterocycles. The third kappa shape index (κ3) is 4.74. The topological polar surface area (TPSA) is 59.4 Å². The summed E-state index contributed by atoms with van der Waals surface area (Å²) in [6, 6.07) is 2.75. The molecule has 0 amide bonds. The van der Waals surface area contributed by atoms with Gasteiger partial charge in [-0.25, -0.2) is 23.7 Å². The molecule has 0 aliphatic heterocycles. The predicted octanol–water partition coefficient (Wildman–Crippen LogP) is 4.98. The van der Waals surface area contributed by atoms with Crippen LogP contribution < -0.4 is 10.1 Å². The molecule has 0 bridgehead atoms. The minimum atomic E-state index is -0.819. The molecule has 3 rings (SSSR count). The lowest BCUT2D eigenvalue weighted by molar-refractivity contribution is 0.321. The molecule has 0 radical (unpaired) electrons. The van der Waals surface area contributed by atoms with Crippen LogP contribution in [0, 0.1) is 11.6 Å². The molecule has 27 heavy (non-hydrogen) atoms. The monoisotopic (exact) mass is 392 g/mol. The lowest BCUT2D eigenvalue weighted by Gasteiger charge is -2.15. The van der Waals surface area contributed by atoms with E-state index in [4.69, 9.17) is 4.74 Å². The van der Waals surface area contributed by atoms with E-state index >= 15 is 0 Å². The highest BCUT2D eigenvalue weighted by atomic mass is 32.2. The standard InChI is InChI=1S/C19H22F2N4OS/c1-3-26-15-9-8-14(20)17(16(15)21)22-10-12-11-23-19(27-2)25-18(12)24-13-6-4-5-7-13/h8-11,13H,3-7H2,1-2H3,(H,23,24,25)/b22-10+. The molecule has 2 aromatic rings. The molecule has 1 aliphatic rings. The Kier molecular flexibility index (Phi) is 6.60. The third-order valence-corrected chi connectivity index (χ3v) is 4.90. The van der Waals surface area contributed by atoms with Gasteiger partial charge in [-0.1, -0.05) is 24.6 Å². The number of halogens is 2. The summed E-state index contributed by atoms with van der Waals surface area (Å²) in [5.41, 5.74) is 0.196. The van der Waals surface area contributed by atoms with Crippen molar-refractivity contribution in [2.24, 2.45) is 4.99 Å². The maximum Gasteiger partial charge on any atom is 0.193 e. The predicted molar refractivity (Wildman–Crippen MR) is 104 cm³/mol. The maximum absolute atomic E-state index is 14.4. The highest BCUT2D eigenvalue weighted by Crippen LogP contribution is 2.30. The van der Waals surface area contributed by atoms with Crippen molar-refractivity contribution in [3.63, 3.8) is 0 Å². The number of hydrogen-bond acceptors (Lipinski definition) is 6. The van der Waals surface area contributed by atoms with Crippen LogP contribution in [0.4, 0.5) is 20.3 Å². The van der Waals surface area contributed by atoms with Gasteiger partial charge in [0.25, 0.3) is 0 Å². The van der Waals surface area contributed by atoms with Crippen molar-refractivity contribution >= 4 is 29.5 Å². The molecule has 1 N–H and O–H groups in total. The lowest BCUT2D eigenvalue weighted by Crippen LogP contribution is -2.17. The Balaban J connectivity index is 1.91. The summed E-state index contributed by atoms with van der Waals surface area (Å²) in [5.74, 6) is -0.963. The van der Waals surface area contributed by atoms with E-state index in [0.717, 1.165) is 18.9 Å². The van der Waals surface area contributed by atoms with Gasteiger partial charge >= 0.3 is 0 Å². The summed E-state index contributed by atoms with van der Waals surface area (Å²) in [6.45, 7) is 2.02. The van der Waals surface area contributed by atoms with Gasteiger partial charge in [-0.15, -0.1) is 0 Å². The second-order valence-electron chi connectivity index (χ2n) is 6.19. The molecule has 0 unspecified atom stereocenters. The fourth-order valence-electron chi connectivity index (χ4n) is 2.99. The summed E-state index contributed by atoms with van der Waals surface area (Å²) in [4.78, 5) is 12.8. The van der Waals surface area contributed by atoms with Gasteiger partial charge in [-0.3, -0.25) is 0 Å². The van der Waals surface area contributed by atoms with Crippen LogP contribution in [0.1, 0.15) is 38.2 Å². The Morgan fingerprint density at radius 2 is 2.11 bits per heavy atom. The first-order valence-corrected chi connectivity index (χ1v) is 10.2. The van der Waals surface area contributed by atoms with Crippen molar-refractivity contribution in [1.29, 1.82) is 0 Å². The van der Waals surface area contributed by atoms with Crippen LogP contribution in [-0.4, -0.2) is 35.1 Å². The first kappa shape index (κ1) is 19.5. The number of aromatic nitrogens is 2. The Morgan fingerprint density at radius 1 is 1.33 bits per heavy atom. The van der Waals surface area contributed by atoms with Crippen LogP contribution in [0.15, 0.2) is 28.5 Å². The van der Waals surface area contributed by atoms with Crippen LogP contribution in [-0.2, 0) is 0 Å². The van der Waals surface area contributed by atoms with Crippen molar-refractivity contribution in [3.05, 3.63) is 35.5 Å². The second-order valence-corrected chi connectivity index (χ2v) is 6.96. The van der Waals surface area contributed by atoms with Crippen LogP contribution in [0.25, 0.3) is 0 Å². The SMILES string of the molecule is CCOc1ccc(F)c(/N=C/c2cnc(SC)nc2NC2CCCC2)c1F. The van der Waals surface area contributed by atoms with Gasteiger partial charge < -0.3 is 10.1 Å². The fraction of sp³-hybridized carbons (Fsp3) is 0.421. The quantitative estimate of drug-likeness (QED) is 0.409. The van der Waals surface area contributed by atoms with Crippen LogP contribution >= 0.6 is 11.8 Å². The van der Waals surface area contributed by atoms with E-state index in [9.17, 15) is 8.78 Å². The highest BCUT2D eigenvalue weighted by molar-refractivity contribution is 7.98. The Labute approximate surface area is 161 Å². The van der Waals surface area contributed by atoms with Crippen molar-refractivity contribution in [1.82, 2.24) is 9.97 Å². The third-order valence-electron chi connectivity index (χ3n) is 4.34. The first-order valence-electron chi connectivity index (χ1n) is 8.94. The van der Waals surface area contributed by atoms with Crippen LogP contribution in [0.5, 0.6) is 5.75 Å². The van der Waals surface area contributed by atoms with Crippen LogP contribution in [0.2, 0.25) is 0 Å². The minimum Gasteiger partial charge on any atom is -0.491 e. The molecule has 8 heteroatoms. The van der Waals surface area contributed by atoms with E-state index in [0.29, 0.717) is 22.6 Å². The number of ether oxygens (including phenoxy) is 1. The number of thioether (sulfide) groups is 1. The van der Waals surface area contributed by atoms with E-state index in [1.54, 1.807) is 13.1 Å². The van der Waals surface area contributed by atoms with Crippen molar-refractivity contribution < 1.29 is 13.5 Å². The Hall–Kier alpha value is -2.22. The average molecular weight is 392 g/mol. The molecule has 0 saturated heterocycles. The molecule has 144 valence electrons. The van der Waals surface area contributed by atoms with Gasteiger partial charge in [-0.05, 0) is 38.2 Å². The number of benzene rings is 1. The smallest absolute Gasteiger partial charge is 0.193 e. The van der Waals surface area contributed by atoms with Crippen molar-refractivity contribution in [2.75, 3.05) is 18.2 Å². The number of rotatable bonds is 7. The Morgan fingerprint density at radius 3 is 2.81 bits per heavy atom. The van der Waals surface area contributed by atoms with Gasteiger partial charge in [0.05, 0.1) is 12.2 Å². The molecule has 5 nitrogen and oxygen atoms in total. The molecule has 1 fully saturated rings. The van der Waals surface area contributed by atoms with Crippen LogP contribution in [0.3, 0.4) is 0 Å². The second kappa shape index (κ2) is 9.12. The van der Waals surface area contributed by atoms with Gasteiger partial charge in [-0.2, -0.15) is 0 Å². The summed E-state index contributed by atoms with van der Waals surface area (Å²) in [5, 5.41) is 4.04. The number of nitrogens with zero attached hydrogens (tertiary/aromatic N) is 3. The van der Waals surface area contributed by atoms with Gasteiger partial charge in [0.1, 0.15) is 11.5 Å². The number of aliphatic imine (C=N–C) groups is 1. The molecule has 1 heterocycles. The molecule has 1 aliphatic carbocycles. The number of hydrogen-bond donors (Lipinski definition) is 1.